The summed E-state index contributed by atoms with van der Waals surface area (Å²) >= 11 is 0. The summed E-state index contributed by atoms with van der Waals surface area (Å²) in [7, 11) is 1.25. The zero-order chi connectivity index (χ0) is 19.6. The second kappa shape index (κ2) is 7.32. The number of nitrogens with one attached hydrogen (secondary N) is 3. The highest BCUT2D eigenvalue weighted by Gasteiger charge is 2.22. The summed E-state index contributed by atoms with van der Waals surface area (Å²) in [6.07, 6.45) is 2.02. The van der Waals surface area contributed by atoms with Crippen molar-refractivity contribution in [3.63, 3.8) is 0 Å². The van der Waals surface area contributed by atoms with Crippen molar-refractivity contribution in [1.29, 1.82) is 0 Å². The summed E-state index contributed by atoms with van der Waals surface area (Å²) in [6, 6.07) is 6.69. The van der Waals surface area contributed by atoms with Gasteiger partial charge in [-0.05, 0) is 18.6 Å². The lowest BCUT2D eigenvalue weighted by Gasteiger charge is -2.12. The molecular weight excluding hydrogens is 352 g/mol. The molecule has 3 aromatic rings. The fourth-order valence-corrected chi connectivity index (χ4v) is 2.93. The number of methoxy groups -OCH3 is 1. The van der Waals surface area contributed by atoms with Crippen LogP contribution in [0, 0.1) is 0 Å². The number of rotatable bonds is 5. The molecule has 3 rings (SSSR count). The molecular formula is C18H18N4O5. The molecule has 9 nitrogen and oxygen atoms in total. The normalized spacial score (nSPS) is 12.9. The second-order valence-electron chi connectivity index (χ2n) is 5.95. The van der Waals surface area contributed by atoms with E-state index in [-0.39, 0.29) is 17.7 Å². The quantitative estimate of drug-likeness (QED) is 0.389. The largest absolute Gasteiger partial charge is 0.494 e. The lowest BCUT2D eigenvalue weighted by molar-refractivity contribution is -0.142. The van der Waals surface area contributed by atoms with E-state index in [1.54, 1.807) is 6.20 Å². The van der Waals surface area contributed by atoms with E-state index in [4.69, 9.17) is 4.74 Å². The first-order valence-corrected chi connectivity index (χ1v) is 8.14. The monoisotopic (exact) mass is 370 g/mol. The Kier molecular flexibility index (Phi) is 4.93. The van der Waals surface area contributed by atoms with Crippen LogP contribution in [-0.2, 0) is 16.0 Å². The molecule has 140 valence electrons. The van der Waals surface area contributed by atoms with E-state index in [9.17, 15) is 19.5 Å². The van der Waals surface area contributed by atoms with Crippen molar-refractivity contribution in [3.8, 4) is 5.88 Å². The van der Waals surface area contributed by atoms with Crippen molar-refractivity contribution >= 4 is 22.6 Å². The van der Waals surface area contributed by atoms with Crippen molar-refractivity contribution in [2.24, 2.45) is 4.99 Å². The van der Waals surface area contributed by atoms with Gasteiger partial charge in [0.25, 0.3) is 5.56 Å². The average molecular weight is 370 g/mol. The van der Waals surface area contributed by atoms with Gasteiger partial charge in [-0.3, -0.25) is 19.8 Å². The number of aromatic nitrogens is 3. The number of aromatic amines is 3. The van der Waals surface area contributed by atoms with E-state index >= 15 is 0 Å². The first kappa shape index (κ1) is 18.2. The van der Waals surface area contributed by atoms with Gasteiger partial charge in [-0.2, -0.15) is 0 Å². The van der Waals surface area contributed by atoms with E-state index in [1.165, 1.54) is 14.0 Å². The minimum Gasteiger partial charge on any atom is -0.494 e. The van der Waals surface area contributed by atoms with Crippen LogP contribution < -0.4 is 11.2 Å². The van der Waals surface area contributed by atoms with Crippen molar-refractivity contribution < 1.29 is 14.6 Å². The molecule has 0 saturated carbocycles. The molecule has 0 aliphatic rings. The van der Waals surface area contributed by atoms with Crippen LogP contribution >= 0.6 is 0 Å². The predicted molar refractivity (Wildman–Crippen MR) is 99.4 cm³/mol. The minimum atomic E-state index is -0.931. The molecule has 4 N–H and O–H groups in total. The summed E-state index contributed by atoms with van der Waals surface area (Å²) in [4.78, 5) is 46.9. The van der Waals surface area contributed by atoms with Crippen LogP contribution in [0.5, 0.6) is 5.88 Å². The van der Waals surface area contributed by atoms with Gasteiger partial charge >= 0.3 is 11.7 Å². The molecule has 0 aliphatic carbocycles. The number of esters is 1. The number of H-pyrrole nitrogens is 3. The maximum absolute atomic E-state index is 12.2. The Hall–Kier alpha value is -3.62. The van der Waals surface area contributed by atoms with Gasteiger partial charge in [0.2, 0.25) is 5.88 Å². The highest BCUT2D eigenvalue weighted by Crippen LogP contribution is 2.21. The average Bonchev–Trinajstić information content (AvgIpc) is 3.02. The van der Waals surface area contributed by atoms with Gasteiger partial charge in [-0.15, -0.1) is 0 Å². The molecule has 1 atom stereocenters. The van der Waals surface area contributed by atoms with Gasteiger partial charge < -0.3 is 14.8 Å². The fraction of sp³-hybridized carbons (Fsp3) is 0.222. The predicted octanol–water partition coefficient (Wildman–Crippen LogP) is 0.843. The molecule has 9 heteroatoms. The Bertz CT molecular complexity index is 1140. The van der Waals surface area contributed by atoms with Crippen molar-refractivity contribution in [2.45, 2.75) is 19.4 Å². The number of carbonyl (C=O) groups excluding carboxylic acids is 1. The third-order valence-corrected chi connectivity index (χ3v) is 4.20. The third-order valence-electron chi connectivity index (χ3n) is 4.20. The van der Waals surface area contributed by atoms with Crippen LogP contribution in [0.25, 0.3) is 10.9 Å². The molecule has 1 aromatic carbocycles. The van der Waals surface area contributed by atoms with Crippen LogP contribution in [0.1, 0.15) is 18.1 Å². The van der Waals surface area contributed by atoms with E-state index in [0.29, 0.717) is 0 Å². The second-order valence-corrected chi connectivity index (χ2v) is 5.95. The zero-order valence-corrected chi connectivity index (χ0v) is 14.7. The summed E-state index contributed by atoms with van der Waals surface area (Å²) in [5.74, 6) is -1.19. The molecule has 0 fully saturated rings. The molecule has 0 unspecified atom stereocenters. The van der Waals surface area contributed by atoms with Crippen LogP contribution in [-0.4, -0.2) is 44.9 Å². The van der Waals surface area contributed by atoms with E-state index in [2.05, 4.69) is 15.0 Å². The van der Waals surface area contributed by atoms with Crippen LogP contribution in [0.3, 0.4) is 0 Å². The number of aliphatic imine (C=N–C) groups is 1. The molecule has 0 saturated heterocycles. The number of nitrogens with zero attached hydrogens (tertiary/aromatic N) is 1. The number of aromatic hydroxyl groups is 1. The molecule has 0 bridgehead atoms. The standard InChI is InChI=1S/C18H18N4O5/c1-9(14-15(23)21-18(26)22-16(14)24)20-13(17(25)27-2)7-10-8-19-12-6-4-3-5-11(10)12/h3-6,8,13,19H,7H2,1-2H3,(H3,21,22,23,24,26)/t13-/m1/s1. The van der Waals surface area contributed by atoms with Gasteiger partial charge in [0, 0.05) is 23.5 Å². The molecule has 2 aromatic heterocycles. The smallest absolute Gasteiger partial charge is 0.330 e. The number of hydrogen-bond donors (Lipinski definition) is 4. The first-order chi connectivity index (χ1) is 12.9. The Morgan fingerprint density at radius 1 is 1.26 bits per heavy atom. The van der Waals surface area contributed by atoms with Gasteiger partial charge in [0.15, 0.2) is 6.04 Å². The number of fused-ring (bicyclic) bond motifs is 1. The van der Waals surface area contributed by atoms with Gasteiger partial charge in [-0.25, -0.2) is 9.59 Å². The number of ether oxygens (including phenoxy) is 1. The Labute approximate surface area is 152 Å². The van der Waals surface area contributed by atoms with Crippen LogP contribution in [0.15, 0.2) is 45.0 Å². The molecule has 27 heavy (non-hydrogen) atoms. The summed E-state index contributed by atoms with van der Waals surface area (Å²) < 4.78 is 4.83. The lowest BCUT2D eigenvalue weighted by atomic mass is 10.0. The van der Waals surface area contributed by atoms with Gasteiger partial charge in [0.1, 0.15) is 5.56 Å². The topological polar surface area (TPSA) is 140 Å². The number of para-hydroxylation sites is 1. The summed E-state index contributed by atoms with van der Waals surface area (Å²) in [5, 5.41) is 10.8. The maximum atomic E-state index is 12.2. The molecule has 0 aliphatic heterocycles. The lowest BCUT2D eigenvalue weighted by Crippen LogP contribution is -2.29. The number of benzene rings is 1. The van der Waals surface area contributed by atoms with E-state index in [1.807, 2.05) is 29.2 Å². The van der Waals surface area contributed by atoms with Gasteiger partial charge in [-0.1, -0.05) is 18.2 Å². The first-order valence-electron chi connectivity index (χ1n) is 8.14. The fourth-order valence-electron chi connectivity index (χ4n) is 2.93. The molecule has 0 radical (unpaired) electrons. The SMILES string of the molecule is COC(=O)[C@@H](Cc1c[nH]c2ccccc12)N=C(C)c1c(O)[nH]c(=O)[nH]c1=O. The zero-order valence-electron chi connectivity index (χ0n) is 14.7. The van der Waals surface area contributed by atoms with Crippen LogP contribution in [0.4, 0.5) is 0 Å². The Morgan fingerprint density at radius 3 is 2.70 bits per heavy atom. The summed E-state index contributed by atoms with van der Waals surface area (Å²) in [6.45, 7) is 1.47. The Balaban J connectivity index is 2.01. The Morgan fingerprint density at radius 2 is 2.00 bits per heavy atom. The highest BCUT2D eigenvalue weighted by molar-refractivity contribution is 6.01. The molecule has 2 heterocycles. The highest BCUT2D eigenvalue weighted by atomic mass is 16.5. The third kappa shape index (κ3) is 3.66. The minimum absolute atomic E-state index is 0.0974. The molecule has 0 spiro atoms. The number of carbonyl (C=O) groups is 1. The van der Waals surface area contributed by atoms with E-state index in [0.717, 1.165) is 16.5 Å². The van der Waals surface area contributed by atoms with Crippen molar-refractivity contribution in [2.75, 3.05) is 7.11 Å². The van der Waals surface area contributed by atoms with Crippen LogP contribution in [0.2, 0.25) is 0 Å². The van der Waals surface area contributed by atoms with Gasteiger partial charge in [0.05, 0.1) is 12.8 Å². The number of hydrogen-bond acceptors (Lipinski definition) is 6. The molecule has 0 amide bonds. The maximum Gasteiger partial charge on any atom is 0.330 e. The summed E-state index contributed by atoms with van der Waals surface area (Å²) in [5.41, 5.74) is 0.0388. The van der Waals surface area contributed by atoms with Crippen molar-refractivity contribution in [3.05, 3.63) is 62.4 Å². The van der Waals surface area contributed by atoms with Crippen molar-refractivity contribution in [1.82, 2.24) is 15.0 Å². The van der Waals surface area contributed by atoms with E-state index < -0.39 is 29.1 Å².